The van der Waals surface area contributed by atoms with Crippen molar-refractivity contribution >= 4 is 5.69 Å². The molecule has 1 aromatic carbocycles. The summed E-state index contributed by atoms with van der Waals surface area (Å²) in [6.07, 6.45) is 0. The maximum atomic E-state index is 12.7. The maximum Gasteiger partial charge on any atom is 0.131 e. The van der Waals surface area contributed by atoms with Gasteiger partial charge in [0.15, 0.2) is 0 Å². The molecule has 0 atom stereocenters. The number of halogens is 2. The highest BCUT2D eigenvalue weighted by molar-refractivity contribution is 5.45. The number of hydrogen-bond acceptors (Lipinski definition) is 1. The van der Waals surface area contributed by atoms with Crippen molar-refractivity contribution in [2.75, 3.05) is 12.4 Å². The molecule has 11 heavy (non-hydrogen) atoms. The van der Waals surface area contributed by atoms with Crippen molar-refractivity contribution in [1.82, 2.24) is 0 Å². The quantitative estimate of drug-likeness (QED) is 0.659. The molecule has 0 fully saturated rings. The summed E-state index contributed by atoms with van der Waals surface area (Å²) in [7, 11) is 1.61. The number of rotatable bonds is 1. The van der Waals surface area contributed by atoms with E-state index in [1.165, 1.54) is 19.1 Å². The zero-order chi connectivity index (χ0) is 8.43. The molecule has 1 N–H and O–H groups in total. The Labute approximate surface area is 64.0 Å². The molecule has 0 aliphatic carbocycles. The van der Waals surface area contributed by atoms with Crippen LogP contribution in [-0.4, -0.2) is 7.05 Å². The van der Waals surface area contributed by atoms with Gasteiger partial charge in [0.25, 0.3) is 0 Å². The molecule has 0 saturated carbocycles. The van der Waals surface area contributed by atoms with Crippen LogP contribution in [0.3, 0.4) is 0 Å². The van der Waals surface area contributed by atoms with Crippen LogP contribution in [0.5, 0.6) is 0 Å². The lowest BCUT2D eigenvalue weighted by Gasteiger charge is -2.02. The van der Waals surface area contributed by atoms with Crippen LogP contribution in [0.15, 0.2) is 12.1 Å². The maximum absolute atomic E-state index is 12.7. The van der Waals surface area contributed by atoms with Crippen molar-refractivity contribution in [1.29, 1.82) is 0 Å². The molecule has 0 heterocycles. The normalized spacial score (nSPS) is 9.82. The van der Waals surface area contributed by atoms with Gasteiger partial charge in [0, 0.05) is 18.3 Å². The largest absolute Gasteiger partial charge is 0.388 e. The van der Waals surface area contributed by atoms with E-state index in [0.717, 1.165) is 0 Å². The molecule has 3 heteroatoms. The molecule has 0 unspecified atom stereocenters. The van der Waals surface area contributed by atoms with E-state index in [2.05, 4.69) is 5.32 Å². The molecule has 60 valence electrons. The fraction of sp³-hybridized carbons (Fsp3) is 0.250. The standard InChI is InChI=1S/C8H9F2N/c1-5-7(9)3-6(11-2)4-8(5)10/h3-4,11H,1-2H3. The van der Waals surface area contributed by atoms with Gasteiger partial charge in [0.1, 0.15) is 11.6 Å². The second-order valence-corrected chi connectivity index (χ2v) is 2.31. The first-order valence-corrected chi connectivity index (χ1v) is 3.28. The Hall–Kier alpha value is -1.12. The van der Waals surface area contributed by atoms with Crippen molar-refractivity contribution in [2.24, 2.45) is 0 Å². The van der Waals surface area contributed by atoms with E-state index >= 15 is 0 Å². The average Bonchev–Trinajstić information content (AvgIpc) is 1.99. The summed E-state index contributed by atoms with van der Waals surface area (Å²) in [5, 5.41) is 2.66. The fourth-order valence-corrected chi connectivity index (χ4v) is 0.790. The highest BCUT2D eigenvalue weighted by atomic mass is 19.1. The van der Waals surface area contributed by atoms with E-state index in [1.807, 2.05) is 0 Å². The molecule has 1 rings (SSSR count). The minimum absolute atomic E-state index is 0.0593. The monoisotopic (exact) mass is 157 g/mol. The van der Waals surface area contributed by atoms with Gasteiger partial charge in [-0.15, -0.1) is 0 Å². The van der Waals surface area contributed by atoms with E-state index in [-0.39, 0.29) is 5.56 Å². The van der Waals surface area contributed by atoms with Gasteiger partial charge in [-0.3, -0.25) is 0 Å². The topological polar surface area (TPSA) is 12.0 Å². The number of nitrogens with one attached hydrogen (secondary N) is 1. The third-order valence-electron chi connectivity index (χ3n) is 1.57. The van der Waals surface area contributed by atoms with Crippen LogP contribution in [0, 0.1) is 18.6 Å². The molecular formula is C8H9F2N. The molecule has 0 aromatic heterocycles. The molecule has 0 spiro atoms. The third-order valence-corrected chi connectivity index (χ3v) is 1.57. The van der Waals surface area contributed by atoms with Crippen LogP contribution in [0.4, 0.5) is 14.5 Å². The fourth-order valence-electron chi connectivity index (χ4n) is 0.790. The molecule has 0 radical (unpaired) electrons. The van der Waals surface area contributed by atoms with Gasteiger partial charge in [-0.25, -0.2) is 8.78 Å². The summed E-state index contributed by atoms with van der Waals surface area (Å²) in [5.41, 5.74) is 0.509. The van der Waals surface area contributed by atoms with Gasteiger partial charge in [-0.2, -0.15) is 0 Å². The molecule has 1 aromatic rings. The minimum atomic E-state index is -0.519. The van der Waals surface area contributed by atoms with Crippen molar-refractivity contribution < 1.29 is 8.78 Å². The number of anilines is 1. The second kappa shape index (κ2) is 2.86. The Balaban J connectivity index is 3.21. The summed E-state index contributed by atoms with van der Waals surface area (Å²) in [6, 6.07) is 2.52. The van der Waals surface area contributed by atoms with Crippen LogP contribution >= 0.6 is 0 Å². The lowest BCUT2D eigenvalue weighted by Crippen LogP contribution is -1.94. The summed E-state index contributed by atoms with van der Waals surface area (Å²) < 4.78 is 25.5. The lowest BCUT2D eigenvalue weighted by molar-refractivity contribution is 0.569. The van der Waals surface area contributed by atoms with Crippen molar-refractivity contribution in [3.63, 3.8) is 0 Å². The Kier molecular flexibility index (Phi) is 2.08. The minimum Gasteiger partial charge on any atom is -0.388 e. The molecule has 0 bridgehead atoms. The van der Waals surface area contributed by atoms with Crippen LogP contribution < -0.4 is 5.32 Å². The van der Waals surface area contributed by atoms with Gasteiger partial charge in [-0.1, -0.05) is 0 Å². The van der Waals surface area contributed by atoms with E-state index in [4.69, 9.17) is 0 Å². The van der Waals surface area contributed by atoms with Gasteiger partial charge < -0.3 is 5.32 Å². The summed E-state index contributed by atoms with van der Waals surface area (Å²) in [5.74, 6) is -1.04. The average molecular weight is 157 g/mol. The van der Waals surface area contributed by atoms with Crippen molar-refractivity contribution in [2.45, 2.75) is 6.92 Å². The summed E-state index contributed by atoms with van der Waals surface area (Å²) >= 11 is 0. The van der Waals surface area contributed by atoms with Gasteiger partial charge in [0.05, 0.1) is 0 Å². The summed E-state index contributed by atoms with van der Waals surface area (Å²) in [4.78, 5) is 0. The zero-order valence-electron chi connectivity index (χ0n) is 6.41. The predicted molar refractivity (Wildman–Crippen MR) is 40.6 cm³/mol. The predicted octanol–water partition coefficient (Wildman–Crippen LogP) is 2.31. The van der Waals surface area contributed by atoms with Gasteiger partial charge >= 0.3 is 0 Å². The van der Waals surface area contributed by atoms with Crippen LogP contribution in [0.25, 0.3) is 0 Å². The Bertz CT molecular complexity index is 248. The first kappa shape index (κ1) is 7.98. The van der Waals surface area contributed by atoms with Gasteiger partial charge in [-0.05, 0) is 19.1 Å². The Morgan fingerprint density at radius 2 is 1.64 bits per heavy atom. The Morgan fingerprint density at radius 3 is 2.00 bits per heavy atom. The van der Waals surface area contributed by atoms with Crippen molar-refractivity contribution in [3.8, 4) is 0 Å². The lowest BCUT2D eigenvalue weighted by atomic mass is 10.2. The van der Waals surface area contributed by atoms with Crippen molar-refractivity contribution in [3.05, 3.63) is 29.3 Å². The SMILES string of the molecule is CNc1cc(F)c(C)c(F)c1. The first-order chi connectivity index (χ1) is 5.15. The molecule has 0 aliphatic rings. The molecule has 1 nitrogen and oxygen atoms in total. The van der Waals surface area contributed by atoms with E-state index < -0.39 is 11.6 Å². The molecule has 0 amide bonds. The number of benzene rings is 1. The van der Waals surface area contributed by atoms with E-state index in [0.29, 0.717) is 5.69 Å². The molecule has 0 saturated heterocycles. The third kappa shape index (κ3) is 1.48. The second-order valence-electron chi connectivity index (χ2n) is 2.31. The Morgan fingerprint density at radius 1 is 1.18 bits per heavy atom. The summed E-state index contributed by atoms with van der Waals surface area (Å²) in [6.45, 7) is 1.41. The first-order valence-electron chi connectivity index (χ1n) is 3.28. The van der Waals surface area contributed by atoms with Gasteiger partial charge in [0.2, 0.25) is 0 Å². The van der Waals surface area contributed by atoms with E-state index in [1.54, 1.807) is 7.05 Å². The van der Waals surface area contributed by atoms with Crippen LogP contribution in [-0.2, 0) is 0 Å². The zero-order valence-corrected chi connectivity index (χ0v) is 6.41. The van der Waals surface area contributed by atoms with Crippen LogP contribution in [0.2, 0.25) is 0 Å². The molecule has 0 aliphatic heterocycles. The highest BCUT2D eigenvalue weighted by Gasteiger charge is 2.04. The van der Waals surface area contributed by atoms with E-state index in [9.17, 15) is 8.78 Å². The smallest absolute Gasteiger partial charge is 0.131 e. The molecular weight excluding hydrogens is 148 g/mol. The number of hydrogen-bond donors (Lipinski definition) is 1. The highest BCUT2D eigenvalue weighted by Crippen LogP contribution is 2.16. The van der Waals surface area contributed by atoms with Crippen LogP contribution in [0.1, 0.15) is 5.56 Å².